The standard InChI is InChI=1S/C22H19NO/c1-16(24)15-19(14-13-18-8-3-5-12-22(18)23)21-11-6-9-17-7-2-4-10-20(17)21/h2-12,19H,15,23H2,1H3. The molecule has 0 saturated carbocycles. The average Bonchev–Trinajstić information content (AvgIpc) is 2.59. The van der Waals surface area contributed by atoms with Gasteiger partial charge < -0.3 is 5.73 Å². The molecule has 3 aromatic rings. The Balaban J connectivity index is 2.07. The minimum atomic E-state index is -0.145. The molecule has 2 nitrogen and oxygen atoms in total. The number of ketones is 1. The number of carbonyl (C=O) groups excluding carboxylic acids is 1. The van der Waals surface area contributed by atoms with E-state index in [0.717, 1.165) is 21.9 Å². The van der Waals surface area contributed by atoms with Crippen LogP contribution in [0.5, 0.6) is 0 Å². The smallest absolute Gasteiger partial charge is 0.131 e. The van der Waals surface area contributed by atoms with Gasteiger partial charge in [-0.05, 0) is 35.4 Å². The van der Waals surface area contributed by atoms with E-state index in [0.29, 0.717) is 12.1 Å². The number of hydrogen-bond acceptors (Lipinski definition) is 2. The summed E-state index contributed by atoms with van der Waals surface area (Å²) >= 11 is 0. The average molecular weight is 313 g/mol. The van der Waals surface area contributed by atoms with Crippen LogP contribution in [0.25, 0.3) is 10.8 Å². The van der Waals surface area contributed by atoms with Gasteiger partial charge in [-0.15, -0.1) is 0 Å². The zero-order valence-corrected chi connectivity index (χ0v) is 13.6. The Morgan fingerprint density at radius 3 is 2.50 bits per heavy atom. The van der Waals surface area contributed by atoms with E-state index in [1.807, 2.05) is 42.5 Å². The molecule has 2 N–H and O–H groups in total. The predicted octanol–water partition coefficient (Wildman–Crippen LogP) is 4.54. The fraction of sp³-hybridized carbons (Fsp3) is 0.136. The molecule has 24 heavy (non-hydrogen) atoms. The number of hydrogen-bond donors (Lipinski definition) is 1. The number of rotatable bonds is 3. The highest BCUT2D eigenvalue weighted by Gasteiger charge is 2.14. The fourth-order valence-corrected chi connectivity index (χ4v) is 2.86. The normalized spacial score (nSPS) is 11.5. The van der Waals surface area contributed by atoms with Crippen molar-refractivity contribution >= 4 is 22.2 Å². The lowest BCUT2D eigenvalue weighted by Gasteiger charge is -2.13. The van der Waals surface area contributed by atoms with E-state index < -0.39 is 0 Å². The van der Waals surface area contributed by atoms with Gasteiger partial charge in [0.25, 0.3) is 0 Å². The summed E-state index contributed by atoms with van der Waals surface area (Å²) in [5, 5.41) is 2.30. The van der Waals surface area contributed by atoms with E-state index >= 15 is 0 Å². The number of carbonyl (C=O) groups is 1. The van der Waals surface area contributed by atoms with Gasteiger partial charge in [0.1, 0.15) is 5.78 Å². The van der Waals surface area contributed by atoms with Gasteiger partial charge in [0.05, 0.1) is 5.92 Å². The van der Waals surface area contributed by atoms with Crippen molar-refractivity contribution in [3.63, 3.8) is 0 Å². The Morgan fingerprint density at radius 1 is 1.00 bits per heavy atom. The summed E-state index contributed by atoms with van der Waals surface area (Å²) in [6.07, 6.45) is 0.397. The highest BCUT2D eigenvalue weighted by Crippen LogP contribution is 2.28. The topological polar surface area (TPSA) is 43.1 Å². The van der Waals surface area contributed by atoms with Crippen LogP contribution in [-0.4, -0.2) is 5.78 Å². The molecule has 1 unspecified atom stereocenters. The lowest BCUT2D eigenvalue weighted by molar-refractivity contribution is -0.117. The van der Waals surface area contributed by atoms with Crippen LogP contribution in [0, 0.1) is 11.8 Å². The second-order valence-electron chi connectivity index (χ2n) is 5.88. The van der Waals surface area contributed by atoms with E-state index in [1.165, 1.54) is 0 Å². The van der Waals surface area contributed by atoms with Crippen molar-refractivity contribution in [2.75, 3.05) is 5.73 Å². The van der Waals surface area contributed by atoms with Gasteiger partial charge in [-0.2, -0.15) is 0 Å². The molecule has 0 spiro atoms. The molecule has 2 heteroatoms. The number of fused-ring (bicyclic) bond motifs is 1. The third-order valence-corrected chi connectivity index (χ3v) is 4.03. The van der Waals surface area contributed by atoms with E-state index in [9.17, 15) is 4.79 Å². The lowest BCUT2D eigenvalue weighted by Crippen LogP contribution is -2.03. The minimum Gasteiger partial charge on any atom is -0.398 e. The molecule has 0 aliphatic rings. The minimum absolute atomic E-state index is 0.128. The SMILES string of the molecule is CC(=O)CC(C#Cc1ccccc1N)c1cccc2ccccc12. The van der Waals surface area contributed by atoms with Crippen molar-refractivity contribution in [1.29, 1.82) is 0 Å². The zero-order chi connectivity index (χ0) is 16.9. The Morgan fingerprint density at radius 2 is 1.71 bits per heavy atom. The first-order valence-electron chi connectivity index (χ1n) is 7.98. The highest BCUT2D eigenvalue weighted by atomic mass is 16.1. The first-order valence-corrected chi connectivity index (χ1v) is 7.98. The van der Waals surface area contributed by atoms with Gasteiger partial charge in [-0.3, -0.25) is 4.79 Å². The molecule has 0 bridgehead atoms. The molecule has 0 heterocycles. The summed E-state index contributed by atoms with van der Waals surface area (Å²) in [5.41, 5.74) is 8.51. The van der Waals surface area contributed by atoms with Crippen molar-refractivity contribution in [1.82, 2.24) is 0 Å². The van der Waals surface area contributed by atoms with Crippen molar-refractivity contribution in [2.45, 2.75) is 19.3 Å². The molecule has 0 fully saturated rings. The molecule has 0 saturated heterocycles. The van der Waals surface area contributed by atoms with Crippen LogP contribution >= 0.6 is 0 Å². The van der Waals surface area contributed by atoms with E-state index in [-0.39, 0.29) is 11.7 Å². The Labute approximate surface area is 142 Å². The maximum Gasteiger partial charge on any atom is 0.131 e. The monoisotopic (exact) mass is 313 g/mol. The molecule has 3 rings (SSSR count). The number of anilines is 1. The molecule has 0 radical (unpaired) electrons. The van der Waals surface area contributed by atoms with Crippen molar-refractivity contribution in [3.8, 4) is 11.8 Å². The molecule has 0 aromatic heterocycles. The van der Waals surface area contributed by atoms with Crippen molar-refractivity contribution in [3.05, 3.63) is 77.9 Å². The zero-order valence-electron chi connectivity index (χ0n) is 13.6. The summed E-state index contributed by atoms with van der Waals surface area (Å²) in [5.74, 6) is 6.40. The number of nitrogens with two attached hydrogens (primary N) is 1. The van der Waals surface area contributed by atoms with Crippen LogP contribution in [0.1, 0.15) is 30.4 Å². The van der Waals surface area contributed by atoms with E-state index in [4.69, 9.17) is 5.73 Å². The van der Waals surface area contributed by atoms with Crippen molar-refractivity contribution in [2.24, 2.45) is 0 Å². The van der Waals surface area contributed by atoms with Gasteiger partial charge in [-0.1, -0.05) is 66.4 Å². The van der Waals surface area contributed by atoms with Gasteiger partial charge in [-0.25, -0.2) is 0 Å². The number of nitrogen functional groups attached to an aromatic ring is 1. The first kappa shape index (κ1) is 15.8. The summed E-state index contributed by atoms with van der Waals surface area (Å²) in [6, 6.07) is 21.9. The fourth-order valence-electron chi connectivity index (χ4n) is 2.86. The van der Waals surface area contributed by atoms with Crippen LogP contribution in [0.4, 0.5) is 5.69 Å². The maximum absolute atomic E-state index is 11.7. The van der Waals surface area contributed by atoms with Crippen LogP contribution in [0.3, 0.4) is 0 Å². The quantitative estimate of drug-likeness (QED) is 0.570. The second-order valence-corrected chi connectivity index (χ2v) is 5.88. The maximum atomic E-state index is 11.7. The summed E-state index contributed by atoms with van der Waals surface area (Å²) < 4.78 is 0. The van der Waals surface area contributed by atoms with Gasteiger partial charge >= 0.3 is 0 Å². The number of para-hydroxylation sites is 1. The molecule has 1 atom stereocenters. The molecular weight excluding hydrogens is 294 g/mol. The van der Waals surface area contributed by atoms with Crippen molar-refractivity contribution < 1.29 is 4.79 Å². The van der Waals surface area contributed by atoms with Gasteiger partial charge in [0, 0.05) is 17.7 Å². The molecular formula is C22H19NO. The van der Waals surface area contributed by atoms with E-state index in [1.54, 1.807) is 6.92 Å². The Hall–Kier alpha value is -3.05. The van der Waals surface area contributed by atoms with Crippen LogP contribution in [0.15, 0.2) is 66.7 Å². The molecule has 0 amide bonds. The largest absolute Gasteiger partial charge is 0.398 e. The molecule has 118 valence electrons. The number of Topliss-reactive ketones (excluding diaryl/α,β-unsaturated/α-hetero) is 1. The molecule has 3 aromatic carbocycles. The lowest BCUT2D eigenvalue weighted by atomic mass is 9.90. The predicted molar refractivity (Wildman–Crippen MR) is 99.7 cm³/mol. The Bertz CT molecular complexity index is 941. The summed E-state index contributed by atoms with van der Waals surface area (Å²) in [4.78, 5) is 11.7. The molecule has 0 aliphatic carbocycles. The summed E-state index contributed by atoms with van der Waals surface area (Å²) in [6.45, 7) is 1.61. The van der Waals surface area contributed by atoms with Crippen LogP contribution in [-0.2, 0) is 4.79 Å². The third-order valence-electron chi connectivity index (χ3n) is 4.03. The van der Waals surface area contributed by atoms with Crippen LogP contribution < -0.4 is 5.73 Å². The Kier molecular flexibility index (Phi) is 4.63. The van der Waals surface area contributed by atoms with E-state index in [2.05, 4.69) is 36.1 Å². The van der Waals surface area contributed by atoms with Gasteiger partial charge in [0.15, 0.2) is 0 Å². The van der Waals surface area contributed by atoms with Crippen LogP contribution in [0.2, 0.25) is 0 Å². The second kappa shape index (κ2) is 7.02. The molecule has 0 aliphatic heterocycles. The first-order chi connectivity index (χ1) is 11.6. The van der Waals surface area contributed by atoms with Gasteiger partial charge in [0.2, 0.25) is 0 Å². The third kappa shape index (κ3) is 3.47. The number of benzene rings is 3. The summed E-state index contributed by atoms with van der Waals surface area (Å²) in [7, 11) is 0. The highest BCUT2D eigenvalue weighted by molar-refractivity contribution is 5.87.